The molecule has 0 aromatic heterocycles. The molecule has 3 N–H and O–H groups in total. The maximum Gasteiger partial charge on any atom is 0.524 e. The zero-order valence-corrected chi connectivity index (χ0v) is 7.82. The first-order chi connectivity index (χ1) is 6.42. The third-order valence-corrected chi connectivity index (χ3v) is 1.83. The lowest BCUT2D eigenvalue weighted by Crippen LogP contribution is -1.94. The molecular formula is C7H8FO5P. The number of benzene rings is 1. The summed E-state index contributed by atoms with van der Waals surface area (Å²) in [6, 6.07) is 3.28. The van der Waals surface area contributed by atoms with E-state index in [1.807, 2.05) is 0 Å². The Morgan fingerprint density at radius 3 is 2.50 bits per heavy atom. The minimum Gasteiger partial charge on any atom is -0.401 e. The maximum absolute atomic E-state index is 13.0. The number of hydrogen-bond acceptors (Lipinski definition) is 3. The summed E-state index contributed by atoms with van der Waals surface area (Å²) in [6.07, 6.45) is 0. The minimum absolute atomic E-state index is 0.292. The van der Waals surface area contributed by atoms with E-state index < -0.39 is 19.4 Å². The standard InChI is InChI=1S/C7H8FO5P/c8-6-3-5(4-9)1-2-7(6)13-14(10,11)12/h1-3,9H,4H2,(H2,10,11,12). The summed E-state index contributed by atoms with van der Waals surface area (Å²) in [7, 11) is -4.74. The van der Waals surface area contributed by atoms with Crippen LogP contribution in [-0.4, -0.2) is 14.9 Å². The first-order valence-corrected chi connectivity index (χ1v) is 5.10. The average Bonchev–Trinajstić information content (AvgIpc) is 2.06. The van der Waals surface area contributed by atoms with Gasteiger partial charge in [-0.3, -0.25) is 9.79 Å². The largest absolute Gasteiger partial charge is 0.524 e. The summed E-state index contributed by atoms with van der Waals surface area (Å²) < 4.78 is 27.4. The van der Waals surface area contributed by atoms with E-state index in [1.165, 1.54) is 6.07 Å². The van der Waals surface area contributed by atoms with Crippen LogP contribution in [0, 0.1) is 5.82 Å². The zero-order valence-electron chi connectivity index (χ0n) is 6.92. The van der Waals surface area contributed by atoms with E-state index in [1.54, 1.807) is 0 Å². The summed E-state index contributed by atoms with van der Waals surface area (Å²) in [5, 5.41) is 8.62. The number of rotatable bonds is 3. The van der Waals surface area contributed by atoms with Gasteiger partial charge in [0.1, 0.15) is 0 Å². The SMILES string of the molecule is O=P(O)(O)Oc1ccc(CO)cc1F. The molecule has 78 valence electrons. The molecule has 14 heavy (non-hydrogen) atoms. The van der Waals surface area contributed by atoms with Gasteiger partial charge in [0.25, 0.3) is 0 Å². The predicted molar refractivity (Wildman–Crippen MR) is 45.0 cm³/mol. The van der Waals surface area contributed by atoms with Crippen LogP contribution in [0.1, 0.15) is 5.56 Å². The number of phosphoric ester groups is 1. The summed E-state index contributed by atoms with van der Waals surface area (Å²) >= 11 is 0. The van der Waals surface area contributed by atoms with Crippen LogP contribution in [0.25, 0.3) is 0 Å². The average molecular weight is 222 g/mol. The van der Waals surface area contributed by atoms with E-state index in [2.05, 4.69) is 4.52 Å². The van der Waals surface area contributed by atoms with E-state index in [-0.39, 0.29) is 6.61 Å². The number of aliphatic hydroxyl groups excluding tert-OH is 1. The molecule has 7 heteroatoms. The van der Waals surface area contributed by atoms with Gasteiger partial charge in [-0.25, -0.2) is 8.96 Å². The summed E-state index contributed by atoms with van der Waals surface area (Å²) in [5.41, 5.74) is 0.292. The van der Waals surface area contributed by atoms with Crippen molar-refractivity contribution < 1.29 is 28.4 Å². The number of phosphoric acid groups is 1. The molecule has 0 radical (unpaired) electrons. The van der Waals surface area contributed by atoms with E-state index in [4.69, 9.17) is 14.9 Å². The van der Waals surface area contributed by atoms with E-state index in [9.17, 15) is 8.96 Å². The van der Waals surface area contributed by atoms with Crippen molar-refractivity contribution in [1.82, 2.24) is 0 Å². The van der Waals surface area contributed by atoms with Crippen LogP contribution in [0.2, 0.25) is 0 Å². The monoisotopic (exact) mass is 222 g/mol. The lowest BCUT2D eigenvalue weighted by Gasteiger charge is -2.07. The van der Waals surface area contributed by atoms with Crippen LogP contribution >= 0.6 is 7.82 Å². The fourth-order valence-electron chi connectivity index (χ4n) is 0.845. The number of aliphatic hydroxyl groups is 1. The van der Waals surface area contributed by atoms with E-state index in [0.29, 0.717) is 5.56 Å². The Bertz CT molecular complexity index is 374. The lowest BCUT2D eigenvalue weighted by atomic mass is 10.2. The Kier molecular flexibility index (Phi) is 3.23. The highest BCUT2D eigenvalue weighted by Crippen LogP contribution is 2.38. The molecule has 1 rings (SSSR count). The maximum atomic E-state index is 13.0. The molecule has 1 aromatic carbocycles. The highest BCUT2D eigenvalue weighted by Gasteiger charge is 2.18. The molecule has 0 aliphatic heterocycles. The summed E-state index contributed by atoms with van der Waals surface area (Å²) in [4.78, 5) is 16.8. The fraction of sp³-hybridized carbons (Fsp3) is 0.143. The van der Waals surface area contributed by atoms with Crippen molar-refractivity contribution in [2.24, 2.45) is 0 Å². The van der Waals surface area contributed by atoms with Crippen molar-refractivity contribution in [2.45, 2.75) is 6.61 Å². The predicted octanol–water partition coefficient (Wildman–Crippen LogP) is 0.789. The van der Waals surface area contributed by atoms with Crippen LogP contribution in [0.15, 0.2) is 18.2 Å². The molecule has 0 saturated heterocycles. The molecular weight excluding hydrogens is 214 g/mol. The molecule has 5 nitrogen and oxygen atoms in total. The molecule has 0 aliphatic carbocycles. The van der Waals surface area contributed by atoms with Crippen LogP contribution < -0.4 is 4.52 Å². The number of hydrogen-bond donors (Lipinski definition) is 3. The fourth-order valence-corrected chi connectivity index (χ4v) is 1.25. The van der Waals surface area contributed by atoms with Gasteiger partial charge in [-0.2, -0.15) is 0 Å². The van der Waals surface area contributed by atoms with Gasteiger partial charge >= 0.3 is 7.82 Å². The van der Waals surface area contributed by atoms with Crippen molar-refractivity contribution in [1.29, 1.82) is 0 Å². The van der Waals surface area contributed by atoms with Crippen molar-refractivity contribution in [3.8, 4) is 5.75 Å². The third-order valence-electron chi connectivity index (χ3n) is 1.40. The molecule has 0 heterocycles. The Morgan fingerprint density at radius 1 is 1.43 bits per heavy atom. The molecule has 0 aliphatic rings. The van der Waals surface area contributed by atoms with Crippen molar-refractivity contribution in [2.75, 3.05) is 0 Å². The Morgan fingerprint density at radius 2 is 2.07 bits per heavy atom. The van der Waals surface area contributed by atoms with Gasteiger partial charge in [0.15, 0.2) is 11.6 Å². The highest BCUT2D eigenvalue weighted by molar-refractivity contribution is 7.46. The Labute approximate surface area is 79.0 Å². The van der Waals surface area contributed by atoms with Gasteiger partial charge < -0.3 is 9.63 Å². The minimum atomic E-state index is -4.74. The molecule has 0 fully saturated rings. The molecule has 0 atom stereocenters. The molecule has 1 aromatic rings. The van der Waals surface area contributed by atoms with Crippen LogP contribution in [-0.2, 0) is 11.2 Å². The van der Waals surface area contributed by atoms with Crippen LogP contribution in [0.4, 0.5) is 4.39 Å². The normalized spacial score (nSPS) is 11.4. The highest BCUT2D eigenvalue weighted by atomic mass is 31.2. The lowest BCUT2D eigenvalue weighted by molar-refractivity contribution is 0.275. The second-order valence-corrected chi connectivity index (χ2v) is 3.67. The van der Waals surface area contributed by atoms with Gasteiger partial charge in [0.05, 0.1) is 6.61 Å². The second-order valence-electron chi connectivity index (χ2n) is 2.50. The molecule has 0 saturated carbocycles. The van der Waals surface area contributed by atoms with E-state index in [0.717, 1.165) is 12.1 Å². The number of halogens is 1. The first-order valence-electron chi connectivity index (χ1n) is 3.57. The summed E-state index contributed by atoms with van der Waals surface area (Å²) in [6.45, 7) is -0.354. The van der Waals surface area contributed by atoms with Gasteiger partial charge in [-0.1, -0.05) is 6.07 Å². The second kappa shape index (κ2) is 4.06. The molecule has 0 bridgehead atoms. The zero-order chi connectivity index (χ0) is 10.8. The van der Waals surface area contributed by atoms with Crippen molar-refractivity contribution >= 4 is 7.82 Å². The Hall–Kier alpha value is -0.940. The first kappa shape index (κ1) is 11.1. The molecule has 0 amide bonds. The summed E-state index contributed by atoms with van der Waals surface area (Å²) in [5.74, 6) is -1.48. The molecule has 0 spiro atoms. The van der Waals surface area contributed by atoms with Gasteiger partial charge in [0.2, 0.25) is 0 Å². The Balaban J connectivity index is 2.95. The van der Waals surface area contributed by atoms with Crippen LogP contribution in [0.3, 0.4) is 0 Å². The van der Waals surface area contributed by atoms with Crippen molar-refractivity contribution in [3.63, 3.8) is 0 Å². The third kappa shape index (κ3) is 3.08. The van der Waals surface area contributed by atoms with Crippen LogP contribution in [0.5, 0.6) is 5.75 Å². The topological polar surface area (TPSA) is 87.0 Å². The van der Waals surface area contributed by atoms with Gasteiger partial charge in [-0.15, -0.1) is 0 Å². The van der Waals surface area contributed by atoms with E-state index >= 15 is 0 Å². The van der Waals surface area contributed by atoms with Gasteiger partial charge in [-0.05, 0) is 17.7 Å². The quantitative estimate of drug-likeness (QED) is 0.658. The molecule has 0 unspecified atom stereocenters. The smallest absolute Gasteiger partial charge is 0.401 e. The van der Waals surface area contributed by atoms with Gasteiger partial charge in [0, 0.05) is 0 Å². The van der Waals surface area contributed by atoms with Crippen molar-refractivity contribution in [3.05, 3.63) is 29.6 Å².